The van der Waals surface area contributed by atoms with Crippen molar-refractivity contribution in [3.05, 3.63) is 76.4 Å². The molecular weight excluding hydrogens is 406 g/mol. The first-order chi connectivity index (χ1) is 14.0. The summed E-state index contributed by atoms with van der Waals surface area (Å²) < 4.78 is 7.31. The summed E-state index contributed by atoms with van der Waals surface area (Å²) in [4.78, 5) is 13.3. The maximum atomic E-state index is 13.3. The monoisotopic (exact) mass is 427 g/mol. The highest BCUT2D eigenvalue weighted by molar-refractivity contribution is 8.00. The smallest absolute Gasteiger partial charge is 0.240 e. The molecule has 2 atom stereocenters. The molecule has 2 heterocycles. The van der Waals surface area contributed by atoms with Crippen LogP contribution in [0.25, 0.3) is 0 Å². The third kappa shape index (κ3) is 3.82. The van der Waals surface area contributed by atoms with E-state index in [0.717, 1.165) is 33.3 Å². The molecule has 1 aliphatic rings. The van der Waals surface area contributed by atoms with E-state index >= 15 is 0 Å². The fourth-order valence-corrected chi connectivity index (χ4v) is 4.79. The molecule has 1 aliphatic heterocycles. The van der Waals surface area contributed by atoms with E-state index in [0.29, 0.717) is 5.02 Å². The predicted octanol–water partition coefficient (Wildman–Crippen LogP) is 5.16. The van der Waals surface area contributed by atoms with Crippen molar-refractivity contribution in [1.29, 1.82) is 0 Å². The minimum absolute atomic E-state index is 0.0706. The van der Waals surface area contributed by atoms with E-state index in [4.69, 9.17) is 16.3 Å². The number of nitrogens with one attached hydrogen (secondary N) is 2. The molecule has 0 radical (unpaired) electrons. The molecule has 0 unspecified atom stereocenters. The Morgan fingerprint density at radius 3 is 2.62 bits per heavy atom. The number of benzene rings is 2. The molecule has 2 aromatic carbocycles. The molecule has 0 bridgehead atoms. The second kappa shape index (κ2) is 8.05. The van der Waals surface area contributed by atoms with Gasteiger partial charge in [-0.3, -0.25) is 9.47 Å². The maximum Gasteiger partial charge on any atom is 0.240 e. The zero-order valence-electron chi connectivity index (χ0n) is 16.4. The average Bonchev–Trinajstić information content (AvgIpc) is 3.10. The second-order valence-corrected chi connectivity index (χ2v) is 8.54. The molecule has 0 spiro atoms. The largest absolute Gasteiger partial charge is 0.497 e. The van der Waals surface area contributed by atoms with E-state index < -0.39 is 0 Å². The lowest BCUT2D eigenvalue weighted by Gasteiger charge is -2.34. The van der Waals surface area contributed by atoms with Crippen molar-refractivity contribution >= 4 is 35.0 Å². The van der Waals surface area contributed by atoms with Crippen LogP contribution in [0.5, 0.6) is 5.75 Å². The van der Waals surface area contributed by atoms with Crippen molar-refractivity contribution in [2.75, 3.05) is 17.9 Å². The number of aromatic nitrogens is 1. The quantitative estimate of drug-likeness (QED) is 0.603. The summed E-state index contributed by atoms with van der Waals surface area (Å²) in [7, 11) is 1.64. The number of hydrogen-bond acceptors (Lipinski definition) is 4. The van der Waals surface area contributed by atoms with E-state index in [9.17, 15) is 4.79 Å². The summed E-state index contributed by atoms with van der Waals surface area (Å²) in [5, 5.41) is 4.35. The summed E-state index contributed by atoms with van der Waals surface area (Å²) in [5.41, 5.74) is 7.21. The summed E-state index contributed by atoms with van der Waals surface area (Å²) >= 11 is 7.77. The van der Waals surface area contributed by atoms with Gasteiger partial charge in [-0.15, -0.1) is 0 Å². The number of carbonyl (C=O) groups is 1. The third-order valence-electron chi connectivity index (χ3n) is 5.12. The van der Waals surface area contributed by atoms with Crippen molar-refractivity contribution in [3.63, 3.8) is 0 Å². The summed E-state index contributed by atoms with van der Waals surface area (Å²) in [6.07, 6.45) is 0. The average molecular weight is 428 g/mol. The fourth-order valence-electron chi connectivity index (χ4n) is 3.39. The van der Waals surface area contributed by atoms with E-state index in [-0.39, 0.29) is 17.2 Å². The highest BCUT2D eigenvalue weighted by atomic mass is 35.5. The van der Waals surface area contributed by atoms with Crippen LogP contribution >= 0.6 is 23.4 Å². The Morgan fingerprint density at radius 2 is 1.90 bits per heavy atom. The van der Waals surface area contributed by atoms with Crippen molar-refractivity contribution in [2.45, 2.75) is 30.2 Å². The minimum Gasteiger partial charge on any atom is -0.497 e. The van der Waals surface area contributed by atoms with Crippen LogP contribution in [0.3, 0.4) is 0 Å². The Morgan fingerprint density at radius 1 is 1.14 bits per heavy atom. The molecule has 0 aliphatic carbocycles. The normalized spacial score (nSPS) is 17.9. The lowest BCUT2D eigenvalue weighted by atomic mass is 10.0. The van der Waals surface area contributed by atoms with Crippen LogP contribution in [0.2, 0.25) is 5.02 Å². The number of nitrogens with zero attached hydrogens (tertiary/aromatic N) is 1. The van der Waals surface area contributed by atoms with Gasteiger partial charge in [-0.25, -0.2) is 0 Å². The van der Waals surface area contributed by atoms with Gasteiger partial charge in [0.05, 0.1) is 18.2 Å². The molecule has 0 saturated heterocycles. The van der Waals surface area contributed by atoms with Crippen LogP contribution in [-0.4, -0.2) is 22.9 Å². The SMILES string of the molecule is COc1ccc([C@@H]2Nn3c(C)ccc3S[C@H]2C(=O)Nc2cccc(Cl)c2C)cc1. The van der Waals surface area contributed by atoms with Gasteiger partial charge in [0.2, 0.25) is 5.91 Å². The number of fused-ring (bicyclic) bond motifs is 1. The number of carbonyl (C=O) groups excluding carboxylic acids is 1. The lowest BCUT2D eigenvalue weighted by Crippen LogP contribution is -2.41. The van der Waals surface area contributed by atoms with Gasteiger partial charge in [-0.05, 0) is 61.4 Å². The van der Waals surface area contributed by atoms with Gasteiger partial charge in [0.25, 0.3) is 0 Å². The first-order valence-corrected chi connectivity index (χ1v) is 10.5. The van der Waals surface area contributed by atoms with Crippen molar-refractivity contribution < 1.29 is 9.53 Å². The van der Waals surface area contributed by atoms with Crippen LogP contribution in [0.1, 0.15) is 22.9 Å². The van der Waals surface area contributed by atoms with Gasteiger partial charge in [0.1, 0.15) is 11.0 Å². The number of anilines is 1. The van der Waals surface area contributed by atoms with Crippen LogP contribution in [0.15, 0.2) is 59.6 Å². The molecule has 1 aromatic heterocycles. The van der Waals surface area contributed by atoms with Crippen LogP contribution < -0.4 is 15.5 Å². The summed E-state index contributed by atoms with van der Waals surface area (Å²) in [5.74, 6) is 0.712. The number of halogens is 1. The highest BCUT2D eigenvalue weighted by Gasteiger charge is 2.36. The highest BCUT2D eigenvalue weighted by Crippen LogP contribution is 2.39. The Balaban J connectivity index is 1.67. The van der Waals surface area contributed by atoms with Gasteiger partial charge in [0.15, 0.2) is 0 Å². The Bertz CT molecular complexity index is 1050. The fraction of sp³-hybridized carbons (Fsp3) is 0.227. The van der Waals surface area contributed by atoms with E-state index in [1.165, 1.54) is 0 Å². The summed E-state index contributed by atoms with van der Waals surface area (Å²) in [6, 6.07) is 17.2. The van der Waals surface area contributed by atoms with Crippen molar-refractivity contribution in [2.24, 2.45) is 0 Å². The van der Waals surface area contributed by atoms with E-state index in [1.807, 2.05) is 73.1 Å². The second-order valence-electron chi connectivity index (χ2n) is 6.97. The van der Waals surface area contributed by atoms with Gasteiger partial charge >= 0.3 is 0 Å². The van der Waals surface area contributed by atoms with Gasteiger partial charge < -0.3 is 15.5 Å². The minimum atomic E-state index is -0.358. The molecule has 1 amide bonds. The maximum absolute atomic E-state index is 13.3. The molecule has 0 saturated carbocycles. The number of rotatable bonds is 4. The molecule has 3 aromatic rings. The Hall–Kier alpha value is -2.57. The van der Waals surface area contributed by atoms with Crippen LogP contribution in [-0.2, 0) is 4.79 Å². The predicted molar refractivity (Wildman–Crippen MR) is 119 cm³/mol. The zero-order chi connectivity index (χ0) is 20.5. The van der Waals surface area contributed by atoms with E-state index in [2.05, 4.69) is 10.7 Å². The lowest BCUT2D eigenvalue weighted by molar-refractivity contribution is -0.116. The van der Waals surface area contributed by atoms with Gasteiger partial charge in [-0.1, -0.05) is 41.6 Å². The first kappa shape index (κ1) is 19.7. The Labute approximate surface area is 179 Å². The Kier molecular flexibility index (Phi) is 5.48. The van der Waals surface area contributed by atoms with E-state index in [1.54, 1.807) is 18.9 Å². The van der Waals surface area contributed by atoms with Gasteiger partial charge in [-0.2, -0.15) is 0 Å². The van der Waals surface area contributed by atoms with Crippen LogP contribution in [0, 0.1) is 13.8 Å². The molecule has 0 fully saturated rings. The number of hydrogen-bond donors (Lipinski definition) is 2. The number of amides is 1. The number of aryl methyl sites for hydroxylation is 1. The van der Waals surface area contributed by atoms with Crippen molar-refractivity contribution in [1.82, 2.24) is 4.68 Å². The molecule has 2 N–H and O–H groups in total. The third-order valence-corrected chi connectivity index (χ3v) is 6.83. The topological polar surface area (TPSA) is 55.3 Å². The van der Waals surface area contributed by atoms with Gasteiger partial charge in [0, 0.05) is 16.4 Å². The summed E-state index contributed by atoms with van der Waals surface area (Å²) in [6.45, 7) is 3.94. The zero-order valence-corrected chi connectivity index (χ0v) is 18.0. The van der Waals surface area contributed by atoms with Crippen molar-refractivity contribution in [3.8, 4) is 5.75 Å². The number of thioether (sulfide) groups is 1. The molecule has 5 nitrogen and oxygen atoms in total. The molecule has 4 rings (SSSR count). The van der Waals surface area contributed by atoms with Crippen LogP contribution in [0.4, 0.5) is 5.69 Å². The molecule has 7 heteroatoms. The molecule has 150 valence electrons. The number of methoxy groups -OCH3 is 1. The standard InChI is InChI=1S/C22H22ClN3O2S/c1-13-7-12-19-26(13)25-20(15-8-10-16(28-3)11-9-15)21(29-19)22(27)24-18-6-4-5-17(23)14(18)2/h4-12,20-21,25H,1-3H3,(H,24,27)/t20-,21+/m0/s1. The first-order valence-electron chi connectivity index (χ1n) is 9.29. The molecule has 29 heavy (non-hydrogen) atoms. The molecular formula is C22H22ClN3O2S. The number of ether oxygens (including phenoxy) is 1.